The zero-order valence-corrected chi connectivity index (χ0v) is 16.1. The van der Waals surface area contributed by atoms with Crippen molar-refractivity contribution in [3.05, 3.63) is 29.3 Å². The Hall–Kier alpha value is -1.91. The smallest absolute Gasteiger partial charge is 0.235 e. The highest BCUT2D eigenvalue weighted by Crippen LogP contribution is 2.29. The van der Waals surface area contributed by atoms with Gasteiger partial charge in [-0.3, -0.25) is 9.59 Å². The third-order valence-electron chi connectivity index (χ3n) is 4.96. The first-order valence-electron chi connectivity index (χ1n) is 8.55. The quantitative estimate of drug-likeness (QED) is 0.795. The van der Waals surface area contributed by atoms with E-state index in [9.17, 15) is 14.9 Å². The fourth-order valence-electron chi connectivity index (χ4n) is 3.44. The Bertz CT molecular complexity index is 713. The van der Waals surface area contributed by atoms with Crippen LogP contribution in [-0.4, -0.2) is 54.5 Å². The summed E-state index contributed by atoms with van der Waals surface area (Å²) in [6, 6.07) is 9.86. The molecule has 3 atom stereocenters. The molecule has 0 radical (unpaired) electrons. The average molecular weight is 393 g/mol. The van der Waals surface area contributed by atoms with Crippen LogP contribution in [0.1, 0.15) is 6.42 Å². The first kappa shape index (κ1) is 18.9. The van der Waals surface area contributed by atoms with Crippen LogP contribution in [0.3, 0.4) is 0 Å². The van der Waals surface area contributed by atoms with Gasteiger partial charge in [0.25, 0.3) is 0 Å². The van der Waals surface area contributed by atoms with Crippen LogP contribution in [0.2, 0.25) is 5.02 Å². The number of halogens is 1. The normalized spacial score (nSPS) is 26.2. The van der Waals surface area contributed by atoms with Crippen LogP contribution < -0.4 is 10.2 Å². The SMILES string of the molecule is CSC1NC(=O)C(C(=O)N2CCN(c3ccc(Cl)cc3)CC2)CC1C#N. The van der Waals surface area contributed by atoms with Crippen molar-refractivity contribution in [2.24, 2.45) is 11.8 Å². The minimum absolute atomic E-state index is 0.168. The van der Waals surface area contributed by atoms with Crippen LogP contribution >= 0.6 is 23.4 Å². The lowest BCUT2D eigenvalue weighted by Gasteiger charge is -2.39. The fraction of sp³-hybridized carbons (Fsp3) is 0.500. The number of hydrogen-bond acceptors (Lipinski definition) is 5. The van der Waals surface area contributed by atoms with Gasteiger partial charge >= 0.3 is 0 Å². The molecule has 2 aliphatic rings. The maximum absolute atomic E-state index is 12.8. The molecule has 2 amide bonds. The lowest BCUT2D eigenvalue weighted by Crippen LogP contribution is -2.56. The summed E-state index contributed by atoms with van der Waals surface area (Å²) >= 11 is 7.36. The molecule has 2 heterocycles. The number of nitrogens with zero attached hydrogens (tertiary/aromatic N) is 3. The molecule has 6 nitrogen and oxygen atoms in total. The van der Waals surface area contributed by atoms with E-state index in [4.69, 9.17) is 11.6 Å². The molecule has 8 heteroatoms. The number of carbonyl (C=O) groups excluding carboxylic acids is 2. The van der Waals surface area contributed by atoms with Crippen molar-refractivity contribution in [2.75, 3.05) is 37.3 Å². The molecule has 0 spiro atoms. The molecule has 1 N–H and O–H groups in total. The van der Waals surface area contributed by atoms with Gasteiger partial charge in [-0.1, -0.05) is 11.6 Å². The molecule has 2 saturated heterocycles. The summed E-state index contributed by atoms with van der Waals surface area (Å²) in [5, 5.41) is 12.6. The predicted octanol–water partition coefficient (Wildman–Crippen LogP) is 1.95. The van der Waals surface area contributed by atoms with Crippen molar-refractivity contribution in [1.82, 2.24) is 10.2 Å². The summed E-state index contributed by atoms with van der Waals surface area (Å²) in [6.45, 7) is 2.54. The molecule has 3 unspecified atom stereocenters. The van der Waals surface area contributed by atoms with Gasteiger partial charge in [-0.2, -0.15) is 5.26 Å². The van der Waals surface area contributed by atoms with Crippen molar-refractivity contribution in [2.45, 2.75) is 11.8 Å². The molecule has 2 aliphatic heterocycles. The van der Waals surface area contributed by atoms with Crippen LogP contribution in [-0.2, 0) is 9.59 Å². The second kappa shape index (κ2) is 8.19. The Labute approximate surface area is 162 Å². The number of hydrogen-bond donors (Lipinski definition) is 1. The molecule has 26 heavy (non-hydrogen) atoms. The molecule has 0 saturated carbocycles. The van der Waals surface area contributed by atoms with E-state index in [-0.39, 0.29) is 23.1 Å². The lowest BCUT2D eigenvalue weighted by molar-refractivity contribution is -0.144. The molecular weight excluding hydrogens is 372 g/mol. The third kappa shape index (κ3) is 3.92. The molecule has 0 bridgehead atoms. The van der Waals surface area contributed by atoms with E-state index < -0.39 is 5.92 Å². The summed E-state index contributed by atoms with van der Waals surface area (Å²) in [5.41, 5.74) is 1.07. The Morgan fingerprint density at radius 1 is 1.27 bits per heavy atom. The molecule has 3 rings (SSSR count). The second-order valence-electron chi connectivity index (χ2n) is 6.48. The van der Waals surface area contributed by atoms with Crippen molar-refractivity contribution < 1.29 is 9.59 Å². The van der Waals surface area contributed by atoms with Crippen molar-refractivity contribution in [3.63, 3.8) is 0 Å². The number of anilines is 1. The second-order valence-corrected chi connectivity index (χ2v) is 7.89. The standard InChI is InChI=1S/C18H21ClN4O2S/c1-26-17-12(11-20)10-15(16(24)21-17)18(25)23-8-6-22(7-9-23)14-4-2-13(19)3-5-14/h2-5,12,15,17H,6-10H2,1H3,(H,21,24). The summed E-state index contributed by atoms with van der Waals surface area (Å²) in [4.78, 5) is 29.1. The molecule has 138 valence electrons. The van der Waals surface area contributed by atoms with Gasteiger partial charge in [-0.05, 0) is 36.9 Å². The highest BCUT2D eigenvalue weighted by Gasteiger charge is 2.41. The summed E-state index contributed by atoms with van der Waals surface area (Å²) < 4.78 is 0. The van der Waals surface area contributed by atoms with E-state index in [1.807, 2.05) is 30.5 Å². The zero-order valence-electron chi connectivity index (χ0n) is 14.5. The lowest BCUT2D eigenvalue weighted by atomic mass is 9.89. The van der Waals surface area contributed by atoms with E-state index in [0.717, 1.165) is 5.69 Å². The van der Waals surface area contributed by atoms with Gasteiger partial charge in [0.15, 0.2) is 0 Å². The first-order chi connectivity index (χ1) is 12.5. The van der Waals surface area contributed by atoms with E-state index in [1.165, 1.54) is 11.8 Å². The van der Waals surface area contributed by atoms with Gasteiger partial charge in [0.2, 0.25) is 11.8 Å². The summed E-state index contributed by atoms with van der Waals surface area (Å²) in [5.74, 6) is -1.53. The summed E-state index contributed by atoms with van der Waals surface area (Å²) in [6.07, 6.45) is 2.15. The number of piperazine rings is 1. The Kier molecular flexibility index (Phi) is 5.94. The molecule has 0 aliphatic carbocycles. The maximum Gasteiger partial charge on any atom is 0.235 e. The van der Waals surface area contributed by atoms with E-state index in [0.29, 0.717) is 37.6 Å². The minimum atomic E-state index is -0.759. The van der Waals surface area contributed by atoms with Crippen LogP contribution in [0, 0.1) is 23.2 Å². The van der Waals surface area contributed by atoms with Crippen LogP contribution in [0.5, 0.6) is 0 Å². The highest BCUT2D eigenvalue weighted by atomic mass is 35.5. The number of thioether (sulfide) groups is 1. The topological polar surface area (TPSA) is 76.4 Å². The van der Waals surface area contributed by atoms with Gasteiger partial charge in [0.05, 0.1) is 17.4 Å². The molecular formula is C18H21ClN4O2S. The average Bonchev–Trinajstić information content (AvgIpc) is 2.68. The van der Waals surface area contributed by atoms with Gasteiger partial charge < -0.3 is 15.1 Å². The van der Waals surface area contributed by atoms with Gasteiger partial charge in [-0.15, -0.1) is 11.8 Å². The number of nitriles is 1. The third-order valence-corrected chi connectivity index (χ3v) is 6.16. The number of rotatable bonds is 3. The molecule has 1 aromatic carbocycles. The molecule has 2 fully saturated rings. The van der Waals surface area contributed by atoms with E-state index >= 15 is 0 Å². The predicted molar refractivity (Wildman–Crippen MR) is 103 cm³/mol. The molecule has 1 aromatic rings. The number of amides is 2. The van der Waals surface area contributed by atoms with Crippen molar-refractivity contribution >= 4 is 40.9 Å². The zero-order chi connectivity index (χ0) is 18.7. The van der Waals surface area contributed by atoms with E-state index in [1.54, 1.807) is 4.90 Å². The fourth-order valence-corrected chi connectivity index (χ4v) is 4.30. The monoisotopic (exact) mass is 392 g/mol. The number of piperidine rings is 1. The first-order valence-corrected chi connectivity index (χ1v) is 10.2. The van der Waals surface area contributed by atoms with Gasteiger partial charge in [-0.25, -0.2) is 0 Å². The van der Waals surface area contributed by atoms with Crippen LogP contribution in [0.4, 0.5) is 5.69 Å². The van der Waals surface area contributed by atoms with Crippen LogP contribution in [0.15, 0.2) is 24.3 Å². The Morgan fingerprint density at radius 2 is 1.92 bits per heavy atom. The van der Waals surface area contributed by atoms with E-state index in [2.05, 4.69) is 16.3 Å². The van der Waals surface area contributed by atoms with Gasteiger partial charge in [0, 0.05) is 36.9 Å². The highest BCUT2D eigenvalue weighted by molar-refractivity contribution is 7.99. The Balaban J connectivity index is 1.60. The number of nitrogens with one attached hydrogen (secondary N) is 1. The van der Waals surface area contributed by atoms with Crippen LogP contribution in [0.25, 0.3) is 0 Å². The van der Waals surface area contributed by atoms with Crippen molar-refractivity contribution in [3.8, 4) is 6.07 Å². The number of benzene rings is 1. The number of carbonyl (C=O) groups is 2. The minimum Gasteiger partial charge on any atom is -0.368 e. The largest absolute Gasteiger partial charge is 0.368 e. The van der Waals surface area contributed by atoms with Crippen molar-refractivity contribution in [1.29, 1.82) is 5.26 Å². The van der Waals surface area contributed by atoms with Gasteiger partial charge in [0.1, 0.15) is 5.92 Å². The Morgan fingerprint density at radius 3 is 2.50 bits per heavy atom. The molecule has 0 aromatic heterocycles. The maximum atomic E-state index is 12.8. The summed E-state index contributed by atoms with van der Waals surface area (Å²) in [7, 11) is 0.